The summed E-state index contributed by atoms with van der Waals surface area (Å²) >= 11 is 3.28. The van der Waals surface area contributed by atoms with E-state index in [-0.39, 0.29) is 23.6 Å². The highest BCUT2D eigenvalue weighted by molar-refractivity contribution is 9.10. The van der Waals surface area contributed by atoms with E-state index in [1.54, 1.807) is 31.2 Å². The molecule has 1 amide bonds. The smallest absolute Gasteiger partial charge is 0.338 e. The fraction of sp³-hybridized carbons (Fsp3) is 0.176. The zero-order valence-corrected chi connectivity index (χ0v) is 15.3. The average molecular weight is 423 g/mol. The van der Waals surface area contributed by atoms with Crippen LogP contribution in [0.1, 0.15) is 17.3 Å². The number of nitro groups is 1. The summed E-state index contributed by atoms with van der Waals surface area (Å²) < 4.78 is 10.9. The molecule has 2 rings (SSSR count). The maximum atomic E-state index is 12.0. The van der Waals surface area contributed by atoms with Crippen LogP contribution in [0.4, 0.5) is 11.4 Å². The molecule has 1 N–H and O–H groups in total. The number of carbonyl (C=O) groups is 2. The Labute approximate surface area is 157 Å². The molecule has 26 heavy (non-hydrogen) atoms. The van der Waals surface area contributed by atoms with Crippen LogP contribution in [0.15, 0.2) is 46.9 Å². The van der Waals surface area contributed by atoms with Gasteiger partial charge >= 0.3 is 11.7 Å². The lowest BCUT2D eigenvalue weighted by atomic mass is 10.2. The topological polar surface area (TPSA) is 108 Å². The largest absolute Gasteiger partial charge is 0.487 e. The zero-order chi connectivity index (χ0) is 19.1. The first-order chi connectivity index (χ1) is 12.4. The van der Waals surface area contributed by atoms with Crippen LogP contribution in [-0.4, -0.2) is 30.0 Å². The minimum absolute atomic E-state index is 0.0448. The Bertz CT molecular complexity index is 823. The summed E-state index contributed by atoms with van der Waals surface area (Å²) in [5, 5.41) is 13.6. The van der Waals surface area contributed by atoms with Gasteiger partial charge in [-0.2, -0.15) is 0 Å². The van der Waals surface area contributed by atoms with Gasteiger partial charge in [-0.05, 0) is 43.3 Å². The van der Waals surface area contributed by atoms with Crippen molar-refractivity contribution in [1.29, 1.82) is 0 Å². The summed E-state index contributed by atoms with van der Waals surface area (Å²) in [6.45, 7) is 1.42. The van der Waals surface area contributed by atoms with Crippen molar-refractivity contribution >= 4 is 39.2 Å². The van der Waals surface area contributed by atoms with Gasteiger partial charge in [-0.1, -0.05) is 15.9 Å². The molecule has 2 aromatic rings. The highest BCUT2D eigenvalue weighted by Crippen LogP contribution is 2.28. The molecule has 0 aliphatic rings. The number of carbonyl (C=O) groups excluding carboxylic acids is 2. The highest BCUT2D eigenvalue weighted by Gasteiger charge is 2.20. The summed E-state index contributed by atoms with van der Waals surface area (Å²) in [6, 6.07) is 10.6. The van der Waals surface area contributed by atoms with Crippen LogP contribution in [0.3, 0.4) is 0 Å². The van der Waals surface area contributed by atoms with E-state index in [9.17, 15) is 19.7 Å². The lowest BCUT2D eigenvalue weighted by molar-refractivity contribution is -0.385. The number of hydrogen-bond acceptors (Lipinski definition) is 6. The van der Waals surface area contributed by atoms with Crippen LogP contribution in [0.25, 0.3) is 0 Å². The van der Waals surface area contributed by atoms with E-state index in [1.807, 2.05) is 0 Å². The van der Waals surface area contributed by atoms with E-state index in [0.717, 1.165) is 10.5 Å². The Morgan fingerprint density at radius 1 is 1.19 bits per heavy atom. The molecule has 0 spiro atoms. The van der Waals surface area contributed by atoms with E-state index in [2.05, 4.69) is 21.2 Å². The minimum atomic E-state index is -0.845. The molecule has 136 valence electrons. The van der Waals surface area contributed by atoms with Gasteiger partial charge in [0.05, 0.1) is 17.1 Å². The summed E-state index contributed by atoms with van der Waals surface area (Å²) in [5.41, 5.74) is 0.156. The van der Waals surface area contributed by atoms with Gasteiger partial charge in [0.2, 0.25) is 0 Å². The van der Waals surface area contributed by atoms with E-state index in [1.165, 1.54) is 12.1 Å². The maximum Gasteiger partial charge on any atom is 0.338 e. The van der Waals surface area contributed by atoms with Crippen molar-refractivity contribution in [2.75, 3.05) is 18.5 Å². The third kappa shape index (κ3) is 5.28. The predicted octanol–water partition coefficient (Wildman–Crippen LogP) is 3.55. The Balaban J connectivity index is 1.98. The second-order valence-electron chi connectivity index (χ2n) is 5.00. The van der Waals surface area contributed by atoms with Crippen LogP contribution >= 0.6 is 15.9 Å². The SMILES string of the molecule is CCOc1ccc(C(=O)OCC(=O)Nc2ccc(Br)cc2)cc1[N+](=O)[O-]. The summed E-state index contributed by atoms with van der Waals surface area (Å²) in [5.74, 6) is -1.31. The van der Waals surface area contributed by atoms with Gasteiger partial charge in [0.1, 0.15) is 0 Å². The van der Waals surface area contributed by atoms with Crippen molar-refractivity contribution in [2.45, 2.75) is 6.92 Å². The number of nitrogens with one attached hydrogen (secondary N) is 1. The van der Waals surface area contributed by atoms with Crippen LogP contribution in [-0.2, 0) is 9.53 Å². The van der Waals surface area contributed by atoms with E-state index in [0.29, 0.717) is 5.69 Å². The van der Waals surface area contributed by atoms with Crippen molar-refractivity contribution < 1.29 is 24.0 Å². The molecule has 0 saturated heterocycles. The first kappa shape index (κ1) is 19.4. The van der Waals surface area contributed by atoms with Crippen molar-refractivity contribution in [1.82, 2.24) is 0 Å². The van der Waals surface area contributed by atoms with Crippen molar-refractivity contribution in [3.63, 3.8) is 0 Å². The fourth-order valence-corrected chi connectivity index (χ4v) is 2.27. The molecule has 0 aromatic heterocycles. The molecule has 0 unspecified atom stereocenters. The van der Waals surface area contributed by atoms with Gasteiger partial charge in [0, 0.05) is 16.2 Å². The van der Waals surface area contributed by atoms with Gasteiger partial charge in [0.25, 0.3) is 5.91 Å². The number of esters is 1. The number of amides is 1. The first-order valence-electron chi connectivity index (χ1n) is 7.54. The van der Waals surface area contributed by atoms with Crippen LogP contribution < -0.4 is 10.1 Å². The molecule has 0 aliphatic carbocycles. The Morgan fingerprint density at radius 2 is 1.88 bits per heavy atom. The van der Waals surface area contributed by atoms with Gasteiger partial charge in [0.15, 0.2) is 12.4 Å². The second-order valence-corrected chi connectivity index (χ2v) is 5.92. The monoisotopic (exact) mass is 422 g/mol. The standard InChI is InChI=1S/C17H15BrN2O6/c1-2-25-15-8-3-11(9-14(15)20(23)24)17(22)26-10-16(21)19-13-6-4-12(18)5-7-13/h3-9H,2,10H2,1H3,(H,19,21). The molecule has 2 aromatic carbocycles. The average Bonchev–Trinajstić information content (AvgIpc) is 2.62. The van der Waals surface area contributed by atoms with Gasteiger partial charge in [-0.3, -0.25) is 14.9 Å². The third-order valence-corrected chi connectivity index (χ3v) is 3.68. The summed E-state index contributed by atoms with van der Waals surface area (Å²) in [7, 11) is 0. The first-order valence-corrected chi connectivity index (χ1v) is 8.33. The van der Waals surface area contributed by atoms with Gasteiger partial charge < -0.3 is 14.8 Å². The van der Waals surface area contributed by atoms with Crippen LogP contribution in [0.5, 0.6) is 5.75 Å². The predicted molar refractivity (Wildman–Crippen MR) is 97.3 cm³/mol. The molecule has 0 bridgehead atoms. The van der Waals surface area contributed by atoms with Gasteiger partial charge in [-0.25, -0.2) is 4.79 Å². The lowest BCUT2D eigenvalue weighted by Gasteiger charge is -2.08. The molecule has 0 atom stereocenters. The maximum absolute atomic E-state index is 12.0. The van der Waals surface area contributed by atoms with Crippen LogP contribution in [0, 0.1) is 10.1 Å². The number of ether oxygens (including phenoxy) is 2. The highest BCUT2D eigenvalue weighted by atomic mass is 79.9. The number of benzene rings is 2. The number of halogens is 1. The molecule has 0 fully saturated rings. The number of anilines is 1. The number of nitrogens with zero attached hydrogens (tertiary/aromatic N) is 1. The van der Waals surface area contributed by atoms with E-state index >= 15 is 0 Å². The molecule has 0 saturated carbocycles. The van der Waals surface area contributed by atoms with E-state index < -0.39 is 23.4 Å². The molecule has 0 aliphatic heterocycles. The molecule has 0 heterocycles. The van der Waals surface area contributed by atoms with Crippen molar-refractivity contribution in [2.24, 2.45) is 0 Å². The number of hydrogen-bond donors (Lipinski definition) is 1. The number of nitro benzene ring substituents is 1. The summed E-state index contributed by atoms with van der Waals surface area (Å²) in [4.78, 5) is 34.3. The van der Waals surface area contributed by atoms with E-state index in [4.69, 9.17) is 9.47 Å². The number of rotatable bonds is 7. The zero-order valence-electron chi connectivity index (χ0n) is 13.7. The molecule has 0 radical (unpaired) electrons. The molecule has 8 nitrogen and oxygen atoms in total. The van der Waals surface area contributed by atoms with Gasteiger partial charge in [-0.15, -0.1) is 0 Å². The quantitative estimate of drug-likeness (QED) is 0.415. The summed E-state index contributed by atoms with van der Waals surface area (Å²) in [6.07, 6.45) is 0. The molecular weight excluding hydrogens is 408 g/mol. The van der Waals surface area contributed by atoms with Crippen molar-refractivity contribution in [3.8, 4) is 5.75 Å². The lowest BCUT2D eigenvalue weighted by Crippen LogP contribution is -2.21. The Morgan fingerprint density at radius 3 is 2.50 bits per heavy atom. The molecular formula is C17H15BrN2O6. The molecule has 9 heteroatoms. The normalized spacial score (nSPS) is 10.1. The fourth-order valence-electron chi connectivity index (χ4n) is 2.01. The van der Waals surface area contributed by atoms with Crippen molar-refractivity contribution in [3.05, 3.63) is 62.6 Å². The Hall–Kier alpha value is -2.94. The third-order valence-electron chi connectivity index (χ3n) is 3.15. The minimum Gasteiger partial charge on any atom is -0.487 e. The Kier molecular flexibility index (Phi) is 6.67. The van der Waals surface area contributed by atoms with Crippen LogP contribution in [0.2, 0.25) is 0 Å². The second kappa shape index (κ2) is 8.95.